The summed E-state index contributed by atoms with van der Waals surface area (Å²) in [6.07, 6.45) is 1.01. The number of aryl methyl sites for hydroxylation is 2. The Balaban J connectivity index is 0.00000341. The highest BCUT2D eigenvalue weighted by atomic mass is 127. The minimum absolute atomic E-state index is 0. The van der Waals surface area contributed by atoms with Crippen molar-refractivity contribution in [2.24, 2.45) is 12.0 Å². The zero-order valence-electron chi connectivity index (χ0n) is 18.5. The molecular formula is C21H33FIN7O. The lowest BCUT2D eigenvalue weighted by atomic mass is 10.1. The SMILES string of the molecule is Cc1cc(CN=C(NCCCN2CCOCC2)NCc2nnc(C)n2C)ccc1F.I. The number of nitrogens with zero attached hydrogens (tertiary/aromatic N) is 5. The topological polar surface area (TPSA) is 79.6 Å². The molecule has 0 aliphatic carbocycles. The Bertz CT molecular complexity index is 852. The number of aliphatic imine (C=N–C) groups is 1. The molecule has 10 heteroatoms. The number of halogens is 2. The molecule has 0 unspecified atom stereocenters. The first-order chi connectivity index (χ1) is 14.5. The van der Waals surface area contributed by atoms with Crippen LogP contribution in [0.4, 0.5) is 4.39 Å². The van der Waals surface area contributed by atoms with Crippen LogP contribution in [0.3, 0.4) is 0 Å². The van der Waals surface area contributed by atoms with Crippen LogP contribution in [0.5, 0.6) is 0 Å². The van der Waals surface area contributed by atoms with E-state index in [2.05, 4.69) is 30.7 Å². The smallest absolute Gasteiger partial charge is 0.191 e. The minimum Gasteiger partial charge on any atom is -0.379 e. The third-order valence-electron chi connectivity index (χ3n) is 5.29. The second-order valence-electron chi connectivity index (χ2n) is 7.56. The largest absolute Gasteiger partial charge is 0.379 e. The van der Waals surface area contributed by atoms with Gasteiger partial charge in [-0.2, -0.15) is 0 Å². The molecule has 2 N–H and O–H groups in total. The first kappa shape index (κ1) is 25.5. The maximum absolute atomic E-state index is 13.5. The van der Waals surface area contributed by atoms with E-state index in [1.807, 2.05) is 24.6 Å². The van der Waals surface area contributed by atoms with Crippen molar-refractivity contribution in [3.63, 3.8) is 0 Å². The zero-order valence-corrected chi connectivity index (χ0v) is 20.9. The molecule has 1 fully saturated rings. The van der Waals surface area contributed by atoms with Crippen molar-refractivity contribution < 1.29 is 9.13 Å². The van der Waals surface area contributed by atoms with Gasteiger partial charge >= 0.3 is 0 Å². The standard InChI is InChI=1S/C21H32FN7O.HI/c1-16-13-18(5-6-19(16)22)14-24-21(25-15-20-27-26-17(2)28(20)3)23-7-4-8-29-9-11-30-12-10-29;/h5-6,13H,4,7-12,14-15H2,1-3H3,(H2,23,24,25);1H. The van der Waals surface area contributed by atoms with Crippen LogP contribution in [0.25, 0.3) is 0 Å². The van der Waals surface area contributed by atoms with E-state index in [4.69, 9.17) is 4.74 Å². The first-order valence-electron chi connectivity index (χ1n) is 10.4. The van der Waals surface area contributed by atoms with Crippen LogP contribution in [0.15, 0.2) is 23.2 Å². The molecule has 0 atom stereocenters. The third kappa shape index (κ3) is 8.00. The van der Waals surface area contributed by atoms with Crippen molar-refractivity contribution in [1.82, 2.24) is 30.3 Å². The summed E-state index contributed by atoms with van der Waals surface area (Å²) in [6, 6.07) is 5.10. The number of hydrogen-bond donors (Lipinski definition) is 2. The number of aromatic nitrogens is 3. The van der Waals surface area contributed by atoms with Crippen molar-refractivity contribution in [1.29, 1.82) is 0 Å². The molecule has 2 heterocycles. The summed E-state index contributed by atoms with van der Waals surface area (Å²) in [5.74, 6) is 2.22. The summed E-state index contributed by atoms with van der Waals surface area (Å²) >= 11 is 0. The first-order valence-corrected chi connectivity index (χ1v) is 10.4. The Morgan fingerprint density at radius 1 is 1.19 bits per heavy atom. The van der Waals surface area contributed by atoms with Crippen molar-refractivity contribution in [2.45, 2.75) is 33.4 Å². The molecule has 3 rings (SSSR count). The van der Waals surface area contributed by atoms with E-state index >= 15 is 0 Å². The summed E-state index contributed by atoms with van der Waals surface area (Å²) in [4.78, 5) is 7.10. The third-order valence-corrected chi connectivity index (χ3v) is 5.29. The summed E-state index contributed by atoms with van der Waals surface area (Å²) in [7, 11) is 1.94. The molecule has 0 radical (unpaired) electrons. The van der Waals surface area contributed by atoms with E-state index in [-0.39, 0.29) is 29.8 Å². The predicted octanol–water partition coefficient (Wildman–Crippen LogP) is 2.15. The van der Waals surface area contributed by atoms with Crippen molar-refractivity contribution >= 4 is 29.9 Å². The van der Waals surface area contributed by atoms with Gasteiger partial charge in [0.1, 0.15) is 11.6 Å². The number of rotatable bonds is 8. The van der Waals surface area contributed by atoms with Gasteiger partial charge in [0.05, 0.1) is 26.3 Å². The van der Waals surface area contributed by atoms with Crippen molar-refractivity contribution in [2.75, 3.05) is 39.4 Å². The normalized spacial score (nSPS) is 14.9. The zero-order chi connectivity index (χ0) is 21.3. The van der Waals surface area contributed by atoms with Crippen LogP contribution < -0.4 is 10.6 Å². The highest BCUT2D eigenvalue weighted by molar-refractivity contribution is 14.0. The van der Waals surface area contributed by atoms with Gasteiger partial charge in [-0.3, -0.25) is 4.90 Å². The van der Waals surface area contributed by atoms with Gasteiger partial charge in [0.2, 0.25) is 0 Å². The molecular weight excluding hydrogens is 512 g/mol. The lowest BCUT2D eigenvalue weighted by Crippen LogP contribution is -2.40. The number of hydrogen-bond acceptors (Lipinski definition) is 5. The van der Waals surface area contributed by atoms with Gasteiger partial charge in [0.15, 0.2) is 11.8 Å². The van der Waals surface area contributed by atoms with E-state index in [0.29, 0.717) is 24.6 Å². The average Bonchev–Trinajstić information content (AvgIpc) is 3.07. The molecule has 1 aliphatic rings. The van der Waals surface area contributed by atoms with Gasteiger partial charge in [-0.05, 0) is 44.0 Å². The van der Waals surface area contributed by atoms with E-state index in [1.54, 1.807) is 13.0 Å². The van der Waals surface area contributed by atoms with Gasteiger partial charge < -0.3 is 19.9 Å². The molecule has 0 bridgehead atoms. The number of benzene rings is 1. The summed E-state index contributed by atoms with van der Waals surface area (Å²) in [5.41, 5.74) is 1.60. The highest BCUT2D eigenvalue weighted by Crippen LogP contribution is 2.10. The lowest BCUT2D eigenvalue weighted by Gasteiger charge is -2.26. The van der Waals surface area contributed by atoms with Gasteiger partial charge in [-0.15, -0.1) is 34.2 Å². The minimum atomic E-state index is -0.194. The van der Waals surface area contributed by atoms with Crippen LogP contribution in [-0.2, 0) is 24.9 Å². The number of ether oxygens (including phenoxy) is 1. The fourth-order valence-corrected chi connectivity index (χ4v) is 3.25. The maximum atomic E-state index is 13.5. The lowest BCUT2D eigenvalue weighted by molar-refractivity contribution is 0.0376. The summed E-state index contributed by atoms with van der Waals surface area (Å²) < 4.78 is 20.9. The van der Waals surface area contributed by atoms with Gasteiger partial charge in [0.25, 0.3) is 0 Å². The summed E-state index contributed by atoms with van der Waals surface area (Å²) in [6.45, 7) is 10.1. The Labute approximate surface area is 200 Å². The fraction of sp³-hybridized carbons (Fsp3) is 0.571. The van der Waals surface area contributed by atoms with E-state index in [9.17, 15) is 4.39 Å². The molecule has 1 aliphatic heterocycles. The molecule has 0 saturated carbocycles. The quantitative estimate of drug-likeness (QED) is 0.229. The predicted molar refractivity (Wildman–Crippen MR) is 130 cm³/mol. The van der Waals surface area contributed by atoms with E-state index in [0.717, 1.165) is 63.0 Å². The van der Waals surface area contributed by atoms with Crippen LogP contribution in [0, 0.1) is 19.7 Å². The van der Waals surface area contributed by atoms with E-state index < -0.39 is 0 Å². The molecule has 1 aromatic carbocycles. The van der Waals surface area contributed by atoms with Crippen molar-refractivity contribution in [3.8, 4) is 0 Å². The Kier molecular flexibility index (Phi) is 10.6. The second-order valence-corrected chi connectivity index (χ2v) is 7.56. The molecule has 0 spiro atoms. The van der Waals surface area contributed by atoms with Crippen LogP contribution in [0.1, 0.15) is 29.2 Å². The maximum Gasteiger partial charge on any atom is 0.191 e. The number of morpholine rings is 1. The van der Waals surface area contributed by atoms with Crippen LogP contribution in [0.2, 0.25) is 0 Å². The summed E-state index contributed by atoms with van der Waals surface area (Å²) in [5, 5.41) is 15.0. The monoisotopic (exact) mass is 545 g/mol. The van der Waals surface area contributed by atoms with Crippen LogP contribution >= 0.6 is 24.0 Å². The van der Waals surface area contributed by atoms with Crippen LogP contribution in [-0.4, -0.2) is 65.0 Å². The fourth-order valence-electron chi connectivity index (χ4n) is 3.25. The molecule has 31 heavy (non-hydrogen) atoms. The molecule has 1 aromatic heterocycles. The van der Waals surface area contributed by atoms with Crippen molar-refractivity contribution in [3.05, 3.63) is 46.8 Å². The highest BCUT2D eigenvalue weighted by Gasteiger charge is 2.10. The molecule has 8 nitrogen and oxygen atoms in total. The number of guanidine groups is 1. The van der Waals surface area contributed by atoms with E-state index in [1.165, 1.54) is 6.07 Å². The molecule has 1 saturated heterocycles. The Morgan fingerprint density at radius 2 is 1.97 bits per heavy atom. The van der Waals surface area contributed by atoms with Gasteiger partial charge in [-0.1, -0.05) is 12.1 Å². The Morgan fingerprint density at radius 3 is 2.65 bits per heavy atom. The van der Waals surface area contributed by atoms with Gasteiger partial charge in [-0.25, -0.2) is 9.38 Å². The van der Waals surface area contributed by atoms with Gasteiger partial charge in [0, 0.05) is 26.7 Å². The number of nitrogens with one attached hydrogen (secondary N) is 2. The molecule has 172 valence electrons. The second kappa shape index (κ2) is 12.9. The molecule has 2 aromatic rings. The Hall–Kier alpha value is -1.79. The average molecular weight is 545 g/mol. The molecule has 0 amide bonds.